The molecule has 0 saturated carbocycles. The van der Waals surface area contributed by atoms with Crippen LogP contribution in [0.5, 0.6) is 0 Å². The lowest BCUT2D eigenvalue weighted by Gasteiger charge is -2.28. The number of amides is 1. The maximum absolute atomic E-state index is 12.7. The van der Waals surface area contributed by atoms with Crippen molar-refractivity contribution in [1.82, 2.24) is 15.1 Å². The fourth-order valence-electron chi connectivity index (χ4n) is 2.92. The number of nitrogens with zero attached hydrogens (tertiary/aromatic N) is 2. The molecular weight excluding hydrogens is 282 g/mol. The monoisotopic (exact) mass is 301 g/mol. The highest BCUT2D eigenvalue weighted by Gasteiger charge is 2.42. The first-order valence-electron chi connectivity index (χ1n) is 7.13. The van der Waals surface area contributed by atoms with Crippen LogP contribution in [-0.4, -0.2) is 48.1 Å². The minimum Gasteiger partial charge on any atom is -0.354 e. The van der Waals surface area contributed by atoms with Gasteiger partial charge in [-0.1, -0.05) is 30.3 Å². The van der Waals surface area contributed by atoms with Gasteiger partial charge in [-0.3, -0.25) is 9.89 Å². The molecule has 1 amide bonds. The number of fused-ring (bicyclic) bond motifs is 1. The van der Waals surface area contributed by atoms with Gasteiger partial charge in [0.2, 0.25) is 0 Å². The molecule has 3 rings (SSSR count). The zero-order valence-corrected chi connectivity index (χ0v) is 12.9. The fourth-order valence-corrected chi connectivity index (χ4v) is 2.92. The lowest BCUT2D eigenvalue weighted by molar-refractivity contribution is -0.113. The Morgan fingerprint density at radius 2 is 1.95 bits per heavy atom. The van der Waals surface area contributed by atoms with Gasteiger partial charge in [0.15, 0.2) is 12.0 Å². The Morgan fingerprint density at radius 3 is 2.59 bits per heavy atom. The van der Waals surface area contributed by atoms with E-state index in [-0.39, 0.29) is 11.9 Å². The summed E-state index contributed by atoms with van der Waals surface area (Å²) in [6, 6.07) is 9.75. The van der Waals surface area contributed by atoms with Gasteiger partial charge in [0.25, 0.3) is 5.91 Å². The molecule has 0 bridgehead atoms. The smallest absolute Gasteiger partial charge is 0.275 e. The van der Waals surface area contributed by atoms with E-state index in [1.165, 1.54) is 0 Å². The SMILES string of the molecule is COC(CN1C(=O)c2n[nH]c(C)c2C1c1ccccc1)OC. The predicted molar refractivity (Wildman–Crippen MR) is 80.5 cm³/mol. The molecule has 0 aliphatic carbocycles. The quantitative estimate of drug-likeness (QED) is 0.856. The molecule has 0 radical (unpaired) electrons. The Morgan fingerprint density at radius 1 is 1.27 bits per heavy atom. The fraction of sp³-hybridized carbons (Fsp3) is 0.375. The number of ether oxygens (including phenoxy) is 2. The molecule has 1 unspecified atom stereocenters. The van der Waals surface area contributed by atoms with Gasteiger partial charge in [-0.2, -0.15) is 5.10 Å². The van der Waals surface area contributed by atoms with Crippen LogP contribution in [0.15, 0.2) is 30.3 Å². The summed E-state index contributed by atoms with van der Waals surface area (Å²) in [7, 11) is 3.13. The number of hydrogen-bond donors (Lipinski definition) is 1. The Labute approximate surface area is 129 Å². The van der Waals surface area contributed by atoms with E-state index >= 15 is 0 Å². The van der Waals surface area contributed by atoms with Crippen LogP contribution >= 0.6 is 0 Å². The third-order valence-corrected chi connectivity index (χ3v) is 4.03. The van der Waals surface area contributed by atoms with Crippen molar-refractivity contribution in [1.29, 1.82) is 0 Å². The number of aromatic nitrogens is 2. The summed E-state index contributed by atoms with van der Waals surface area (Å²) in [6.07, 6.45) is -0.469. The predicted octanol–water partition coefficient (Wildman–Crippen LogP) is 1.88. The van der Waals surface area contributed by atoms with Gasteiger partial charge >= 0.3 is 0 Å². The molecule has 6 heteroatoms. The van der Waals surface area contributed by atoms with Crippen LogP contribution in [-0.2, 0) is 9.47 Å². The van der Waals surface area contributed by atoms with Gasteiger partial charge in [0, 0.05) is 25.5 Å². The van der Waals surface area contributed by atoms with E-state index in [9.17, 15) is 4.79 Å². The van der Waals surface area contributed by atoms with E-state index in [2.05, 4.69) is 10.2 Å². The second kappa shape index (κ2) is 5.90. The van der Waals surface area contributed by atoms with E-state index in [1.54, 1.807) is 19.1 Å². The minimum atomic E-state index is -0.469. The van der Waals surface area contributed by atoms with Crippen LogP contribution in [0.4, 0.5) is 0 Å². The summed E-state index contributed by atoms with van der Waals surface area (Å²) in [5.74, 6) is -0.104. The first-order chi connectivity index (χ1) is 10.7. The van der Waals surface area contributed by atoms with E-state index in [0.29, 0.717) is 12.2 Å². The molecule has 1 aliphatic heterocycles. The van der Waals surface area contributed by atoms with Crippen molar-refractivity contribution in [2.45, 2.75) is 19.3 Å². The number of H-pyrrole nitrogens is 1. The average molecular weight is 301 g/mol. The zero-order valence-electron chi connectivity index (χ0n) is 12.9. The first kappa shape index (κ1) is 14.7. The molecule has 0 fully saturated rings. The summed E-state index contributed by atoms with van der Waals surface area (Å²) in [5.41, 5.74) is 3.37. The van der Waals surface area contributed by atoms with Crippen LogP contribution in [0.25, 0.3) is 0 Å². The molecule has 2 heterocycles. The maximum atomic E-state index is 12.7. The number of aromatic amines is 1. The molecule has 1 aliphatic rings. The van der Waals surface area contributed by atoms with E-state index in [0.717, 1.165) is 16.8 Å². The van der Waals surface area contributed by atoms with Crippen molar-refractivity contribution >= 4 is 5.91 Å². The lowest BCUT2D eigenvalue weighted by atomic mass is 9.99. The van der Waals surface area contributed by atoms with Crippen molar-refractivity contribution in [3.05, 3.63) is 52.8 Å². The molecule has 1 N–H and O–H groups in total. The van der Waals surface area contributed by atoms with Crippen LogP contribution in [0.3, 0.4) is 0 Å². The van der Waals surface area contributed by atoms with Gasteiger partial charge in [-0.15, -0.1) is 0 Å². The summed E-state index contributed by atoms with van der Waals surface area (Å²) in [4.78, 5) is 14.4. The van der Waals surface area contributed by atoms with Crippen molar-refractivity contribution in [3.63, 3.8) is 0 Å². The number of aryl methyl sites for hydroxylation is 1. The number of rotatable bonds is 5. The number of methoxy groups -OCH3 is 2. The van der Waals surface area contributed by atoms with Gasteiger partial charge in [-0.05, 0) is 12.5 Å². The summed E-state index contributed by atoms with van der Waals surface area (Å²) in [5, 5.41) is 7.08. The van der Waals surface area contributed by atoms with Crippen LogP contribution in [0.1, 0.15) is 33.4 Å². The van der Waals surface area contributed by atoms with E-state index in [4.69, 9.17) is 9.47 Å². The summed E-state index contributed by atoms with van der Waals surface area (Å²) >= 11 is 0. The molecule has 0 spiro atoms. The first-order valence-corrected chi connectivity index (χ1v) is 7.13. The molecule has 116 valence electrons. The largest absolute Gasteiger partial charge is 0.354 e. The molecule has 1 aromatic heterocycles. The van der Waals surface area contributed by atoms with Crippen molar-refractivity contribution in [3.8, 4) is 0 Å². The number of nitrogens with one attached hydrogen (secondary N) is 1. The third-order valence-electron chi connectivity index (χ3n) is 4.03. The van der Waals surface area contributed by atoms with Crippen LogP contribution in [0.2, 0.25) is 0 Å². The van der Waals surface area contributed by atoms with Gasteiger partial charge in [-0.25, -0.2) is 0 Å². The summed E-state index contributed by atoms with van der Waals surface area (Å²) < 4.78 is 10.5. The standard InChI is InChI=1S/C16H19N3O3/c1-10-13-14(18-17-10)16(20)19(9-12(21-2)22-3)15(13)11-7-5-4-6-8-11/h4-8,12,15H,9H2,1-3H3,(H,17,18). The minimum absolute atomic E-state index is 0.104. The normalized spacial score (nSPS) is 17.4. The topological polar surface area (TPSA) is 67.5 Å². The Kier molecular flexibility index (Phi) is 3.96. The van der Waals surface area contributed by atoms with Gasteiger partial charge in [0.05, 0.1) is 12.6 Å². The highest BCUT2D eigenvalue weighted by atomic mass is 16.7. The Balaban J connectivity index is 2.03. The summed E-state index contributed by atoms with van der Waals surface area (Å²) in [6.45, 7) is 2.28. The molecule has 2 aromatic rings. The molecule has 0 saturated heterocycles. The van der Waals surface area contributed by atoms with E-state index in [1.807, 2.05) is 37.3 Å². The van der Waals surface area contributed by atoms with Crippen molar-refractivity contribution < 1.29 is 14.3 Å². The number of carbonyl (C=O) groups excluding carboxylic acids is 1. The Bertz CT molecular complexity index is 665. The highest BCUT2D eigenvalue weighted by Crippen LogP contribution is 2.39. The maximum Gasteiger partial charge on any atom is 0.275 e. The zero-order chi connectivity index (χ0) is 15.7. The molecular formula is C16H19N3O3. The lowest BCUT2D eigenvalue weighted by Crippen LogP contribution is -2.38. The van der Waals surface area contributed by atoms with Crippen LogP contribution < -0.4 is 0 Å². The molecule has 6 nitrogen and oxygen atoms in total. The van der Waals surface area contributed by atoms with Crippen molar-refractivity contribution in [2.75, 3.05) is 20.8 Å². The third kappa shape index (κ3) is 2.30. The van der Waals surface area contributed by atoms with Gasteiger partial charge in [0.1, 0.15) is 0 Å². The number of carbonyl (C=O) groups is 1. The molecule has 1 aromatic carbocycles. The Hall–Kier alpha value is -2.18. The highest BCUT2D eigenvalue weighted by molar-refractivity contribution is 5.98. The van der Waals surface area contributed by atoms with E-state index < -0.39 is 6.29 Å². The molecule has 22 heavy (non-hydrogen) atoms. The van der Waals surface area contributed by atoms with Crippen molar-refractivity contribution in [2.24, 2.45) is 0 Å². The second-order valence-corrected chi connectivity index (χ2v) is 5.28. The average Bonchev–Trinajstić information content (AvgIpc) is 3.05. The van der Waals surface area contributed by atoms with Gasteiger partial charge < -0.3 is 14.4 Å². The number of benzene rings is 1. The number of hydrogen-bond acceptors (Lipinski definition) is 4. The second-order valence-electron chi connectivity index (χ2n) is 5.28. The molecule has 1 atom stereocenters. The van der Waals surface area contributed by atoms with Crippen LogP contribution in [0, 0.1) is 6.92 Å².